The first-order valence-electron chi connectivity index (χ1n) is 8.16. The summed E-state index contributed by atoms with van der Waals surface area (Å²) in [7, 11) is 2.20. The highest BCUT2D eigenvalue weighted by atomic mass is 16.1. The van der Waals surface area contributed by atoms with Gasteiger partial charge in [-0.2, -0.15) is 0 Å². The van der Waals surface area contributed by atoms with Crippen molar-refractivity contribution in [2.75, 3.05) is 20.1 Å². The van der Waals surface area contributed by atoms with Gasteiger partial charge in [0.1, 0.15) is 0 Å². The second kappa shape index (κ2) is 5.46. The van der Waals surface area contributed by atoms with Crippen molar-refractivity contribution in [1.82, 2.24) is 14.9 Å². The summed E-state index contributed by atoms with van der Waals surface area (Å²) in [5.74, 6) is 0. The fourth-order valence-corrected chi connectivity index (χ4v) is 4.13. The number of hydrogen-bond acceptors (Lipinski definition) is 3. The number of benzene rings is 1. The first kappa shape index (κ1) is 14.4. The van der Waals surface area contributed by atoms with Gasteiger partial charge in [0.15, 0.2) is 0 Å². The highest BCUT2D eigenvalue weighted by molar-refractivity contribution is 5.59. The van der Waals surface area contributed by atoms with E-state index in [0.29, 0.717) is 0 Å². The summed E-state index contributed by atoms with van der Waals surface area (Å²) in [5, 5.41) is 0. The van der Waals surface area contributed by atoms with Crippen LogP contribution in [0.5, 0.6) is 0 Å². The summed E-state index contributed by atoms with van der Waals surface area (Å²) in [5.41, 5.74) is 4.79. The minimum absolute atomic E-state index is 0.112. The summed E-state index contributed by atoms with van der Waals surface area (Å²) in [6, 6.07) is 10.7. The normalized spacial score (nSPS) is 23.8. The molecule has 1 aromatic heterocycles. The maximum Gasteiger partial charge on any atom is 0.345 e. The van der Waals surface area contributed by atoms with Gasteiger partial charge in [0, 0.05) is 30.4 Å². The van der Waals surface area contributed by atoms with E-state index in [-0.39, 0.29) is 11.1 Å². The summed E-state index contributed by atoms with van der Waals surface area (Å²) < 4.78 is 0. The summed E-state index contributed by atoms with van der Waals surface area (Å²) in [6.07, 6.45) is 6.99. The maximum atomic E-state index is 11.5. The average molecular weight is 307 g/mol. The van der Waals surface area contributed by atoms with E-state index in [1.807, 2.05) is 0 Å². The molecular weight excluding hydrogens is 286 g/mol. The molecule has 2 heterocycles. The molecule has 1 aliphatic carbocycles. The molecule has 0 saturated carbocycles. The fraction of sp³-hybridized carbons (Fsp3) is 0.368. The zero-order valence-corrected chi connectivity index (χ0v) is 13.4. The Morgan fingerprint density at radius 2 is 2.13 bits per heavy atom. The molecule has 1 aliphatic heterocycles. The van der Waals surface area contributed by atoms with Crippen LogP contribution in [0, 0.1) is 5.41 Å². The van der Waals surface area contributed by atoms with E-state index < -0.39 is 0 Å². The molecule has 4 nitrogen and oxygen atoms in total. The molecule has 118 valence electrons. The van der Waals surface area contributed by atoms with Gasteiger partial charge in [0.05, 0.1) is 0 Å². The van der Waals surface area contributed by atoms with Crippen LogP contribution in [0.2, 0.25) is 0 Å². The molecule has 2 aromatic rings. The predicted molar refractivity (Wildman–Crippen MR) is 91.2 cm³/mol. The Hall–Kier alpha value is -2.20. The summed E-state index contributed by atoms with van der Waals surface area (Å²) in [4.78, 5) is 20.8. The molecule has 0 bridgehead atoms. The monoisotopic (exact) mass is 307 g/mol. The lowest BCUT2D eigenvalue weighted by Crippen LogP contribution is -2.47. The number of hydrogen-bond donors (Lipinski definition) is 1. The third-order valence-electron chi connectivity index (χ3n) is 5.17. The number of aromatic nitrogens is 2. The third kappa shape index (κ3) is 2.63. The van der Waals surface area contributed by atoms with Gasteiger partial charge in [0.25, 0.3) is 0 Å². The number of rotatable bonds is 2. The van der Waals surface area contributed by atoms with Crippen molar-refractivity contribution in [3.05, 3.63) is 69.4 Å². The van der Waals surface area contributed by atoms with E-state index in [9.17, 15) is 4.79 Å². The van der Waals surface area contributed by atoms with Crippen LogP contribution in [0.1, 0.15) is 23.2 Å². The first-order valence-corrected chi connectivity index (χ1v) is 8.16. The summed E-state index contributed by atoms with van der Waals surface area (Å²) >= 11 is 0. The van der Waals surface area contributed by atoms with Crippen molar-refractivity contribution >= 4 is 6.08 Å². The molecule has 1 atom stereocenters. The zero-order chi connectivity index (χ0) is 15.9. The Balaban J connectivity index is 1.78. The molecule has 23 heavy (non-hydrogen) atoms. The van der Waals surface area contributed by atoms with Crippen LogP contribution in [0.15, 0.2) is 46.9 Å². The maximum absolute atomic E-state index is 11.5. The molecule has 0 amide bonds. The topological polar surface area (TPSA) is 49.0 Å². The number of piperidine rings is 1. The number of likely N-dealkylation sites (tertiary alicyclic amines) is 1. The van der Waals surface area contributed by atoms with E-state index in [2.05, 4.69) is 58.3 Å². The first-order chi connectivity index (χ1) is 11.1. The van der Waals surface area contributed by atoms with Gasteiger partial charge >= 0.3 is 5.69 Å². The SMILES string of the molecule is CN1CCC2=Cc3[nH]c(=O)ncc3CC2(Cc2ccccc2)C1. The average Bonchev–Trinajstić information content (AvgIpc) is 2.54. The molecule has 2 aliphatic rings. The second-order valence-electron chi connectivity index (χ2n) is 6.90. The predicted octanol–water partition coefficient (Wildman–Crippen LogP) is 2.27. The Labute approximate surface area is 135 Å². The van der Waals surface area contributed by atoms with Crippen LogP contribution in [-0.4, -0.2) is 35.0 Å². The van der Waals surface area contributed by atoms with Gasteiger partial charge in [-0.25, -0.2) is 9.78 Å². The van der Waals surface area contributed by atoms with Crippen molar-refractivity contribution in [3.63, 3.8) is 0 Å². The molecule has 1 aromatic carbocycles. The number of H-pyrrole nitrogens is 1. The molecule has 1 fully saturated rings. The van der Waals surface area contributed by atoms with Crippen molar-refractivity contribution in [1.29, 1.82) is 0 Å². The number of nitrogens with zero attached hydrogens (tertiary/aromatic N) is 2. The standard InChI is InChI=1S/C19H21N3O/c1-22-8-7-16-9-17-15(12-20-18(23)21-17)11-19(16,13-22)10-14-5-3-2-4-6-14/h2-6,9,12H,7-8,10-11,13H2,1H3,(H,20,21,23). The Morgan fingerprint density at radius 1 is 1.30 bits per heavy atom. The lowest BCUT2D eigenvalue weighted by molar-refractivity contribution is 0.165. The number of nitrogens with one attached hydrogen (secondary N) is 1. The van der Waals surface area contributed by atoms with Gasteiger partial charge in [-0.3, -0.25) is 0 Å². The fourth-order valence-electron chi connectivity index (χ4n) is 4.13. The Bertz CT molecular complexity index is 809. The largest absolute Gasteiger partial charge is 0.345 e. The molecule has 1 unspecified atom stereocenters. The van der Waals surface area contributed by atoms with Gasteiger partial charge in [-0.15, -0.1) is 0 Å². The van der Waals surface area contributed by atoms with Crippen molar-refractivity contribution < 1.29 is 0 Å². The molecule has 0 radical (unpaired) electrons. The molecule has 1 N–H and O–H groups in total. The van der Waals surface area contributed by atoms with Gasteiger partial charge in [-0.05, 0) is 43.5 Å². The van der Waals surface area contributed by atoms with Crippen molar-refractivity contribution in [2.45, 2.75) is 19.3 Å². The quantitative estimate of drug-likeness (QED) is 0.926. The summed E-state index contributed by atoms with van der Waals surface area (Å²) in [6.45, 7) is 2.12. The van der Waals surface area contributed by atoms with Gasteiger partial charge < -0.3 is 9.88 Å². The third-order valence-corrected chi connectivity index (χ3v) is 5.17. The highest BCUT2D eigenvalue weighted by Crippen LogP contribution is 2.44. The number of aromatic amines is 1. The lowest BCUT2D eigenvalue weighted by Gasteiger charge is -2.46. The smallest absolute Gasteiger partial charge is 0.306 e. The van der Waals surface area contributed by atoms with E-state index in [1.165, 1.54) is 11.1 Å². The molecule has 4 heteroatoms. The van der Waals surface area contributed by atoms with Crippen LogP contribution < -0.4 is 5.69 Å². The van der Waals surface area contributed by atoms with E-state index in [4.69, 9.17) is 0 Å². The zero-order valence-electron chi connectivity index (χ0n) is 13.4. The van der Waals surface area contributed by atoms with Crippen LogP contribution >= 0.6 is 0 Å². The minimum atomic E-state index is -0.260. The minimum Gasteiger partial charge on any atom is -0.306 e. The van der Waals surface area contributed by atoms with Crippen molar-refractivity contribution in [3.8, 4) is 0 Å². The van der Waals surface area contributed by atoms with Gasteiger partial charge in [-0.1, -0.05) is 35.9 Å². The van der Waals surface area contributed by atoms with Crippen LogP contribution in [-0.2, 0) is 12.8 Å². The Kier molecular flexibility index (Phi) is 3.42. The van der Waals surface area contributed by atoms with E-state index >= 15 is 0 Å². The van der Waals surface area contributed by atoms with Crippen molar-refractivity contribution in [2.24, 2.45) is 5.41 Å². The second-order valence-corrected chi connectivity index (χ2v) is 6.90. The molecule has 1 saturated heterocycles. The Morgan fingerprint density at radius 3 is 2.96 bits per heavy atom. The van der Waals surface area contributed by atoms with E-state index in [1.54, 1.807) is 6.20 Å². The van der Waals surface area contributed by atoms with Gasteiger partial charge in [0.2, 0.25) is 0 Å². The van der Waals surface area contributed by atoms with E-state index in [0.717, 1.165) is 43.6 Å². The molecular formula is C19H21N3O. The molecule has 0 spiro atoms. The van der Waals surface area contributed by atoms with Crippen LogP contribution in [0.3, 0.4) is 0 Å². The highest BCUT2D eigenvalue weighted by Gasteiger charge is 2.41. The number of fused-ring (bicyclic) bond motifs is 2. The molecule has 4 rings (SSSR count). The van der Waals surface area contributed by atoms with Crippen LogP contribution in [0.4, 0.5) is 0 Å². The lowest BCUT2D eigenvalue weighted by atomic mass is 9.65. The van der Waals surface area contributed by atoms with Crippen LogP contribution in [0.25, 0.3) is 6.08 Å².